The number of fused-ring (bicyclic) bond motifs is 1. The summed E-state index contributed by atoms with van der Waals surface area (Å²) in [5.41, 5.74) is 0. The Bertz CT molecular complexity index is 566. The number of aromatic nitrogens is 3. The summed E-state index contributed by atoms with van der Waals surface area (Å²) in [5.74, 6) is 3.10. The lowest BCUT2D eigenvalue weighted by Crippen LogP contribution is -2.46. The first-order valence-corrected chi connectivity index (χ1v) is 8.70. The Balaban J connectivity index is 1.74. The maximum Gasteiger partial charge on any atom is 0.153 e. The van der Waals surface area contributed by atoms with Crippen LogP contribution in [0.25, 0.3) is 0 Å². The third-order valence-electron chi connectivity index (χ3n) is 4.01. The summed E-state index contributed by atoms with van der Waals surface area (Å²) in [5, 5.41) is 11.8. The Labute approximate surface area is 113 Å². The quantitative estimate of drug-likeness (QED) is 0.813. The maximum absolute atomic E-state index is 11.6. The Morgan fingerprint density at radius 1 is 1.42 bits per heavy atom. The van der Waals surface area contributed by atoms with Crippen LogP contribution in [0.5, 0.6) is 0 Å². The van der Waals surface area contributed by atoms with E-state index in [4.69, 9.17) is 0 Å². The van der Waals surface area contributed by atoms with E-state index < -0.39 is 9.84 Å². The standard InChI is InChI=1S/C12H20N4O2S/c1-9-2-4-16-11(6-9)14-15-12(16)7-10-8-19(17,18)5-3-13-10/h9-10,13H,2-8H2,1H3. The normalized spacial score (nSPS) is 29.9. The SMILES string of the molecule is CC1CCn2c(nnc2CC2CS(=O)(=O)CCN2)C1. The minimum Gasteiger partial charge on any atom is -0.315 e. The first-order chi connectivity index (χ1) is 9.03. The molecule has 3 heterocycles. The van der Waals surface area contributed by atoms with Gasteiger partial charge in [-0.05, 0) is 12.3 Å². The third kappa shape index (κ3) is 2.81. The number of rotatable bonds is 2. The zero-order valence-electron chi connectivity index (χ0n) is 11.2. The molecule has 0 aromatic carbocycles. The van der Waals surface area contributed by atoms with Crippen LogP contribution in [0, 0.1) is 5.92 Å². The van der Waals surface area contributed by atoms with Crippen LogP contribution in [0.15, 0.2) is 0 Å². The average molecular weight is 284 g/mol. The molecular formula is C12H20N4O2S. The summed E-state index contributed by atoms with van der Waals surface area (Å²) in [6.07, 6.45) is 2.78. The van der Waals surface area contributed by atoms with Crippen LogP contribution < -0.4 is 5.32 Å². The van der Waals surface area contributed by atoms with Crippen molar-refractivity contribution in [1.82, 2.24) is 20.1 Å². The first-order valence-electron chi connectivity index (χ1n) is 6.88. The van der Waals surface area contributed by atoms with E-state index in [0.717, 1.165) is 31.0 Å². The fourth-order valence-electron chi connectivity index (χ4n) is 2.91. The van der Waals surface area contributed by atoms with Crippen molar-refractivity contribution < 1.29 is 8.42 Å². The van der Waals surface area contributed by atoms with E-state index in [0.29, 0.717) is 18.9 Å². The van der Waals surface area contributed by atoms with Gasteiger partial charge in [0.25, 0.3) is 0 Å². The van der Waals surface area contributed by atoms with Gasteiger partial charge in [0.05, 0.1) is 11.5 Å². The summed E-state index contributed by atoms with van der Waals surface area (Å²) in [4.78, 5) is 0. The third-order valence-corrected chi connectivity index (χ3v) is 5.75. The minimum absolute atomic E-state index is 0.0219. The molecule has 0 aliphatic carbocycles. The molecule has 106 valence electrons. The van der Waals surface area contributed by atoms with Crippen LogP contribution in [-0.4, -0.2) is 47.3 Å². The van der Waals surface area contributed by atoms with Crippen molar-refractivity contribution in [3.05, 3.63) is 11.6 Å². The number of hydrogen-bond donors (Lipinski definition) is 1. The van der Waals surface area contributed by atoms with Gasteiger partial charge in [-0.25, -0.2) is 8.42 Å². The predicted molar refractivity (Wildman–Crippen MR) is 71.7 cm³/mol. The van der Waals surface area contributed by atoms with Crippen molar-refractivity contribution in [3.63, 3.8) is 0 Å². The molecule has 7 heteroatoms. The van der Waals surface area contributed by atoms with Gasteiger partial charge in [-0.15, -0.1) is 10.2 Å². The Kier molecular flexibility index (Phi) is 3.34. The smallest absolute Gasteiger partial charge is 0.153 e. The summed E-state index contributed by atoms with van der Waals surface area (Å²) in [6.45, 7) is 3.73. The molecule has 0 bridgehead atoms. The minimum atomic E-state index is -2.89. The lowest BCUT2D eigenvalue weighted by molar-refractivity contribution is 0.397. The Morgan fingerprint density at radius 2 is 2.26 bits per heavy atom. The van der Waals surface area contributed by atoms with Crippen molar-refractivity contribution in [1.29, 1.82) is 0 Å². The van der Waals surface area contributed by atoms with E-state index in [1.165, 1.54) is 0 Å². The van der Waals surface area contributed by atoms with Crippen LogP contribution >= 0.6 is 0 Å². The van der Waals surface area contributed by atoms with Crippen LogP contribution in [0.2, 0.25) is 0 Å². The molecule has 0 saturated carbocycles. The molecule has 6 nitrogen and oxygen atoms in total. The van der Waals surface area contributed by atoms with Crippen molar-refractivity contribution in [2.24, 2.45) is 5.92 Å². The molecule has 1 saturated heterocycles. The molecule has 0 spiro atoms. The van der Waals surface area contributed by atoms with E-state index in [-0.39, 0.29) is 17.5 Å². The van der Waals surface area contributed by atoms with Gasteiger partial charge in [0.1, 0.15) is 11.6 Å². The van der Waals surface area contributed by atoms with E-state index in [9.17, 15) is 8.42 Å². The Hall–Kier alpha value is -0.950. The van der Waals surface area contributed by atoms with E-state index in [1.807, 2.05) is 0 Å². The van der Waals surface area contributed by atoms with Gasteiger partial charge < -0.3 is 9.88 Å². The maximum atomic E-state index is 11.6. The highest BCUT2D eigenvalue weighted by Crippen LogP contribution is 2.20. The summed E-state index contributed by atoms with van der Waals surface area (Å²) in [7, 11) is -2.89. The second kappa shape index (κ2) is 4.86. The summed E-state index contributed by atoms with van der Waals surface area (Å²) in [6, 6.07) is -0.0219. The fraction of sp³-hybridized carbons (Fsp3) is 0.833. The largest absolute Gasteiger partial charge is 0.315 e. The van der Waals surface area contributed by atoms with Gasteiger partial charge in [0.2, 0.25) is 0 Å². The van der Waals surface area contributed by atoms with E-state index >= 15 is 0 Å². The van der Waals surface area contributed by atoms with Gasteiger partial charge in [-0.2, -0.15) is 0 Å². The highest BCUT2D eigenvalue weighted by Gasteiger charge is 2.27. The summed E-state index contributed by atoms with van der Waals surface area (Å²) >= 11 is 0. The van der Waals surface area contributed by atoms with Gasteiger partial charge >= 0.3 is 0 Å². The van der Waals surface area contributed by atoms with Gasteiger partial charge in [-0.1, -0.05) is 6.92 Å². The molecule has 2 atom stereocenters. The second-order valence-corrected chi connectivity index (χ2v) is 7.98. The molecule has 3 rings (SSSR count). The predicted octanol–water partition coefficient (Wildman–Crippen LogP) is -0.210. The van der Waals surface area contributed by atoms with Crippen molar-refractivity contribution in [3.8, 4) is 0 Å². The molecule has 1 aromatic rings. The number of sulfone groups is 1. The molecule has 0 radical (unpaired) electrons. The van der Waals surface area contributed by atoms with Crippen molar-refractivity contribution in [2.45, 2.75) is 38.8 Å². The second-order valence-electron chi connectivity index (χ2n) is 5.75. The Morgan fingerprint density at radius 3 is 3.05 bits per heavy atom. The van der Waals surface area contributed by atoms with Gasteiger partial charge in [-0.3, -0.25) is 0 Å². The van der Waals surface area contributed by atoms with Gasteiger partial charge in [0, 0.05) is 32.0 Å². The summed E-state index contributed by atoms with van der Waals surface area (Å²) < 4.78 is 25.4. The zero-order valence-corrected chi connectivity index (χ0v) is 12.0. The molecule has 1 fully saturated rings. The topological polar surface area (TPSA) is 76.9 Å². The monoisotopic (exact) mass is 284 g/mol. The van der Waals surface area contributed by atoms with Gasteiger partial charge in [0.15, 0.2) is 9.84 Å². The molecule has 2 aliphatic rings. The van der Waals surface area contributed by atoms with Crippen LogP contribution in [0.1, 0.15) is 25.0 Å². The van der Waals surface area contributed by atoms with Crippen molar-refractivity contribution in [2.75, 3.05) is 18.1 Å². The molecule has 1 N–H and O–H groups in total. The molecule has 2 unspecified atom stereocenters. The zero-order chi connectivity index (χ0) is 13.5. The van der Waals surface area contributed by atoms with Crippen LogP contribution in [0.3, 0.4) is 0 Å². The molecule has 0 amide bonds. The van der Waals surface area contributed by atoms with Crippen LogP contribution in [0.4, 0.5) is 0 Å². The van der Waals surface area contributed by atoms with E-state index in [1.54, 1.807) is 0 Å². The highest BCUT2D eigenvalue weighted by atomic mass is 32.2. The van der Waals surface area contributed by atoms with Crippen molar-refractivity contribution >= 4 is 9.84 Å². The molecular weight excluding hydrogens is 264 g/mol. The lowest BCUT2D eigenvalue weighted by Gasteiger charge is -2.25. The number of nitrogens with zero attached hydrogens (tertiary/aromatic N) is 3. The van der Waals surface area contributed by atoms with E-state index in [2.05, 4.69) is 27.0 Å². The average Bonchev–Trinajstić information content (AvgIpc) is 2.70. The van der Waals surface area contributed by atoms with Crippen LogP contribution in [-0.2, 0) is 29.2 Å². The number of nitrogens with one attached hydrogen (secondary N) is 1. The first kappa shape index (κ1) is 13.1. The lowest BCUT2D eigenvalue weighted by atomic mass is 10.0. The molecule has 19 heavy (non-hydrogen) atoms. The molecule has 1 aromatic heterocycles. The molecule has 2 aliphatic heterocycles. The fourth-order valence-corrected chi connectivity index (χ4v) is 4.36. The highest BCUT2D eigenvalue weighted by molar-refractivity contribution is 7.91. The number of hydrogen-bond acceptors (Lipinski definition) is 5.